The van der Waals surface area contributed by atoms with E-state index in [1.807, 2.05) is 13.0 Å². The number of allylic oxidation sites excluding steroid dienone is 1. The molecule has 130 valence electrons. The molecule has 1 aliphatic rings. The fourth-order valence-corrected chi connectivity index (χ4v) is 4.64. The molecule has 0 saturated carbocycles. The molecule has 0 aromatic heterocycles. The molecule has 1 fully saturated rings. The Morgan fingerprint density at radius 3 is 2.70 bits per heavy atom. The highest BCUT2D eigenvalue weighted by atomic mass is 32.2. The molecule has 0 bridgehead atoms. The maximum absolute atomic E-state index is 12.4. The number of thioether (sulfide) groups is 2. The Kier molecular flexibility index (Phi) is 8.76. The average molecular weight is 360 g/mol. The van der Waals surface area contributed by atoms with Crippen LogP contribution in [-0.2, 0) is 14.4 Å². The van der Waals surface area contributed by atoms with Crippen molar-refractivity contribution >= 4 is 40.5 Å². The van der Waals surface area contributed by atoms with Gasteiger partial charge in [0.2, 0.25) is 5.91 Å². The SMILES string of the molecule is C=CCCCS[C@H]1C[C@@H](C(=O)O)N(C(=O)CC(C)SC(C)=O)C1. The predicted molar refractivity (Wildman–Crippen MR) is 95.8 cm³/mol. The Balaban J connectivity index is 2.56. The van der Waals surface area contributed by atoms with Crippen molar-refractivity contribution in [3.8, 4) is 0 Å². The van der Waals surface area contributed by atoms with Crippen LogP contribution in [0.25, 0.3) is 0 Å². The van der Waals surface area contributed by atoms with Gasteiger partial charge in [-0.2, -0.15) is 11.8 Å². The molecule has 0 aromatic carbocycles. The molecular formula is C16H25NO4S2. The summed E-state index contributed by atoms with van der Waals surface area (Å²) >= 11 is 2.85. The third-order valence-electron chi connectivity index (χ3n) is 3.60. The average Bonchev–Trinajstić information content (AvgIpc) is 2.87. The first-order chi connectivity index (χ1) is 10.8. The van der Waals surface area contributed by atoms with Gasteiger partial charge in [-0.25, -0.2) is 4.79 Å². The number of carbonyl (C=O) groups is 3. The smallest absolute Gasteiger partial charge is 0.326 e. The van der Waals surface area contributed by atoms with Crippen LogP contribution in [0.15, 0.2) is 12.7 Å². The zero-order valence-corrected chi connectivity index (χ0v) is 15.3. The first kappa shape index (κ1) is 20.1. The van der Waals surface area contributed by atoms with Crippen molar-refractivity contribution in [3.63, 3.8) is 0 Å². The van der Waals surface area contributed by atoms with Crippen molar-refractivity contribution in [1.29, 1.82) is 0 Å². The minimum absolute atomic E-state index is 0.0304. The lowest BCUT2D eigenvalue weighted by atomic mass is 10.2. The van der Waals surface area contributed by atoms with Gasteiger partial charge in [-0.1, -0.05) is 24.8 Å². The number of likely N-dealkylation sites (tertiary alicyclic amines) is 1. The Morgan fingerprint density at radius 1 is 1.43 bits per heavy atom. The van der Waals surface area contributed by atoms with Gasteiger partial charge in [0.25, 0.3) is 0 Å². The molecule has 1 amide bonds. The van der Waals surface area contributed by atoms with E-state index in [-0.39, 0.29) is 27.9 Å². The summed E-state index contributed by atoms with van der Waals surface area (Å²) in [7, 11) is 0. The second kappa shape index (κ2) is 10.0. The van der Waals surface area contributed by atoms with Gasteiger partial charge in [-0.15, -0.1) is 6.58 Å². The fourth-order valence-electron chi connectivity index (χ4n) is 2.59. The van der Waals surface area contributed by atoms with Crippen molar-refractivity contribution in [2.24, 2.45) is 0 Å². The molecule has 1 rings (SSSR count). The second-order valence-electron chi connectivity index (χ2n) is 5.68. The third-order valence-corrected chi connectivity index (χ3v) is 5.84. The second-order valence-corrected chi connectivity index (χ2v) is 8.71. The van der Waals surface area contributed by atoms with Crippen molar-refractivity contribution in [3.05, 3.63) is 12.7 Å². The monoisotopic (exact) mass is 359 g/mol. The zero-order chi connectivity index (χ0) is 17.4. The van der Waals surface area contributed by atoms with E-state index in [9.17, 15) is 19.5 Å². The summed E-state index contributed by atoms with van der Waals surface area (Å²) in [5, 5.41) is 9.37. The summed E-state index contributed by atoms with van der Waals surface area (Å²) in [5.74, 6) is -0.172. The summed E-state index contributed by atoms with van der Waals surface area (Å²) in [6, 6.07) is -0.742. The molecule has 0 aliphatic carbocycles. The zero-order valence-electron chi connectivity index (χ0n) is 13.7. The molecule has 1 saturated heterocycles. The normalized spacial score (nSPS) is 21.9. The quantitative estimate of drug-likeness (QED) is 0.504. The van der Waals surface area contributed by atoms with Crippen molar-refractivity contribution in [2.75, 3.05) is 12.3 Å². The van der Waals surface area contributed by atoms with Crippen LogP contribution in [0.1, 0.15) is 39.5 Å². The van der Waals surface area contributed by atoms with Gasteiger partial charge in [-0.05, 0) is 25.0 Å². The van der Waals surface area contributed by atoms with Gasteiger partial charge < -0.3 is 10.0 Å². The highest BCUT2D eigenvalue weighted by Gasteiger charge is 2.39. The lowest BCUT2D eigenvalue weighted by molar-refractivity contribution is -0.148. The molecule has 1 heterocycles. The van der Waals surface area contributed by atoms with Crippen LogP contribution in [0.5, 0.6) is 0 Å². The highest BCUT2D eigenvalue weighted by Crippen LogP contribution is 2.30. The van der Waals surface area contributed by atoms with E-state index >= 15 is 0 Å². The number of aliphatic carboxylic acids is 1. The third kappa shape index (κ3) is 6.99. The number of unbranched alkanes of at least 4 members (excludes halogenated alkanes) is 1. The van der Waals surface area contributed by atoms with Crippen LogP contribution in [0, 0.1) is 0 Å². The highest BCUT2D eigenvalue weighted by molar-refractivity contribution is 8.14. The van der Waals surface area contributed by atoms with E-state index in [1.165, 1.54) is 11.8 Å². The Hall–Kier alpha value is -0.950. The molecule has 1 N–H and O–H groups in total. The number of carboxylic acid groups (broad SMARTS) is 1. The van der Waals surface area contributed by atoms with Gasteiger partial charge in [-0.3, -0.25) is 9.59 Å². The van der Waals surface area contributed by atoms with Crippen molar-refractivity contribution in [1.82, 2.24) is 4.90 Å². The van der Waals surface area contributed by atoms with E-state index < -0.39 is 12.0 Å². The minimum Gasteiger partial charge on any atom is -0.480 e. The van der Waals surface area contributed by atoms with Gasteiger partial charge in [0.15, 0.2) is 5.12 Å². The number of hydrogen-bond acceptors (Lipinski definition) is 5. The summed E-state index contributed by atoms with van der Waals surface area (Å²) in [5.41, 5.74) is 0. The summed E-state index contributed by atoms with van der Waals surface area (Å²) < 4.78 is 0. The number of nitrogens with zero attached hydrogens (tertiary/aromatic N) is 1. The first-order valence-electron chi connectivity index (χ1n) is 7.77. The van der Waals surface area contributed by atoms with E-state index in [2.05, 4.69) is 6.58 Å². The topological polar surface area (TPSA) is 74.7 Å². The lowest BCUT2D eigenvalue weighted by Crippen LogP contribution is -2.41. The number of hydrogen-bond donors (Lipinski definition) is 1. The molecule has 0 spiro atoms. The molecule has 0 aromatic rings. The van der Waals surface area contributed by atoms with Gasteiger partial charge in [0.1, 0.15) is 6.04 Å². The minimum atomic E-state index is -0.945. The number of amides is 1. The standard InChI is InChI=1S/C16H25NO4S2/c1-4-5-6-7-22-13-9-14(16(20)21)17(10-13)15(19)8-11(2)23-12(3)18/h4,11,13-14H,1,5-10H2,2-3H3,(H,20,21)/t11?,13-,14-/m0/s1. The molecule has 3 atom stereocenters. The lowest BCUT2D eigenvalue weighted by Gasteiger charge is -2.22. The summed E-state index contributed by atoms with van der Waals surface area (Å²) in [6.45, 7) is 7.45. The molecule has 1 unspecified atom stereocenters. The van der Waals surface area contributed by atoms with E-state index in [0.29, 0.717) is 13.0 Å². The fraction of sp³-hybridized carbons (Fsp3) is 0.688. The van der Waals surface area contributed by atoms with Crippen LogP contribution >= 0.6 is 23.5 Å². The van der Waals surface area contributed by atoms with E-state index in [1.54, 1.807) is 11.8 Å². The van der Waals surface area contributed by atoms with Crippen LogP contribution in [-0.4, -0.2) is 55.8 Å². The largest absolute Gasteiger partial charge is 0.480 e. The maximum atomic E-state index is 12.4. The molecule has 7 heteroatoms. The van der Waals surface area contributed by atoms with Gasteiger partial charge in [0.05, 0.1) is 0 Å². The molecule has 1 aliphatic heterocycles. The number of rotatable bonds is 9. The van der Waals surface area contributed by atoms with Crippen LogP contribution in [0.3, 0.4) is 0 Å². The molecule has 0 radical (unpaired) electrons. The molecular weight excluding hydrogens is 334 g/mol. The van der Waals surface area contributed by atoms with Crippen LogP contribution in [0.2, 0.25) is 0 Å². The predicted octanol–water partition coefficient (Wildman–Crippen LogP) is 2.80. The van der Waals surface area contributed by atoms with Crippen LogP contribution < -0.4 is 0 Å². The van der Waals surface area contributed by atoms with Crippen LogP contribution in [0.4, 0.5) is 0 Å². The number of carboxylic acids is 1. The Labute approximate surface area is 146 Å². The Morgan fingerprint density at radius 2 is 2.13 bits per heavy atom. The first-order valence-corrected chi connectivity index (χ1v) is 9.70. The van der Waals surface area contributed by atoms with E-state index in [0.717, 1.165) is 30.4 Å². The van der Waals surface area contributed by atoms with Crippen molar-refractivity contribution in [2.45, 2.75) is 56.1 Å². The maximum Gasteiger partial charge on any atom is 0.326 e. The molecule has 23 heavy (non-hydrogen) atoms. The summed E-state index contributed by atoms with van der Waals surface area (Å²) in [6.07, 6.45) is 4.53. The Bertz CT molecular complexity index is 455. The molecule has 5 nitrogen and oxygen atoms in total. The van der Waals surface area contributed by atoms with Gasteiger partial charge in [0, 0.05) is 30.4 Å². The van der Waals surface area contributed by atoms with Gasteiger partial charge >= 0.3 is 5.97 Å². The summed E-state index contributed by atoms with van der Waals surface area (Å²) in [4.78, 5) is 36.4. The van der Waals surface area contributed by atoms with Crippen molar-refractivity contribution < 1.29 is 19.5 Å². The number of carbonyl (C=O) groups excluding carboxylic acids is 2. The van der Waals surface area contributed by atoms with E-state index in [4.69, 9.17) is 0 Å².